The Bertz CT molecular complexity index is 398. The first-order chi connectivity index (χ1) is 8.60. The van der Waals surface area contributed by atoms with Gasteiger partial charge in [-0.1, -0.05) is 0 Å². The molecule has 0 aromatic carbocycles. The Morgan fingerprint density at radius 1 is 1.44 bits per heavy atom. The minimum Gasteiger partial charge on any atom is -0.388 e. The van der Waals surface area contributed by atoms with Crippen molar-refractivity contribution in [3.05, 3.63) is 30.1 Å². The fraction of sp³-hybridized carbons (Fsp3) is 0.571. The standard InChI is InChI=1S/C14H22N4/c1-18(9-4-12-2-7-17-8-3-12)11-14(5-6-14)10-13(15)16/h2-3,7-8H,4-6,9-11H2,1H3,(H3,15,16). The van der Waals surface area contributed by atoms with Crippen LogP contribution in [0.3, 0.4) is 0 Å². The summed E-state index contributed by atoms with van der Waals surface area (Å²) in [6.45, 7) is 2.10. The Hall–Kier alpha value is -1.42. The van der Waals surface area contributed by atoms with Crippen molar-refractivity contribution in [1.29, 1.82) is 5.41 Å². The van der Waals surface area contributed by atoms with Gasteiger partial charge in [-0.25, -0.2) is 0 Å². The van der Waals surface area contributed by atoms with Gasteiger partial charge in [-0.3, -0.25) is 10.4 Å². The van der Waals surface area contributed by atoms with Crippen LogP contribution in [0.1, 0.15) is 24.8 Å². The van der Waals surface area contributed by atoms with Crippen molar-refractivity contribution in [2.24, 2.45) is 11.1 Å². The molecule has 0 aliphatic heterocycles. The number of nitrogens with two attached hydrogens (primary N) is 1. The second kappa shape index (κ2) is 5.48. The first kappa shape index (κ1) is 13.0. The number of likely N-dealkylation sites (N-methyl/N-ethyl adjacent to an activating group) is 1. The highest BCUT2D eigenvalue weighted by Gasteiger charge is 2.43. The summed E-state index contributed by atoms with van der Waals surface area (Å²) in [5, 5.41) is 7.42. The van der Waals surface area contributed by atoms with Crippen molar-refractivity contribution >= 4 is 5.84 Å². The lowest BCUT2D eigenvalue weighted by Crippen LogP contribution is -2.31. The van der Waals surface area contributed by atoms with Gasteiger partial charge in [0.1, 0.15) is 0 Å². The van der Waals surface area contributed by atoms with Gasteiger partial charge in [0.2, 0.25) is 0 Å². The average molecular weight is 246 g/mol. The highest BCUT2D eigenvalue weighted by atomic mass is 15.1. The Labute approximate surface area is 109 Å². The molecule has 0 bridgehead atoms. The van der Waals surface area contributed by atoms with E-state index in [9.17, 15) is 0 Å². The molecule has 1 aromatic rings. The summed E-state index contributed by atoms with van der Waals surface area (Å²) in [6.07, 6.45) is 7.92. The molecule has 1 saturated carbocycles. The van der Waals surface area contributed by atoms with E-state index in [0.29, 0.717) is 11.3 Å². The Kier molecular flexibility index (Phi) is 3.97. The van der Waals surface area contributed by atoms with E-state index in [2.05, 4.69) is 29.1 Å². The molecule has 1 aliphatic rings. The lowest BCUT2D eigenvalue weighted by Gasteiger charge is -2.23. The highest BCUT2D eigenvalue weighted by molar-refractivity contribution is 5.78. The summed E-state index contributed by atoms with van der Waals surface area (Å²) in [5.74, 6) is 0.329. The molecule has 0 amide bonds. The maximum atomic E-state index is 7.42. The van der Waals surface area contributed by atoms with Crippen molar-refractivity contribution < 1.29 is 0 Å². The summed E-state index contributed by atoms with van der Waals surface area (Å²) in [6, 6.07) is 4.13. The molecular formula is C14H22N4. The Morgan fingerprint density at radius 3 is 2.67 bits per heavy atom. The van der Waals surface area contributed by atoms with Crippen LogP contribution in [0, 0.1) is 10.8 Å². The van der Waals surface area contributed by atoms with Crippen molar-refractivity contribution in [1.82, 2.24) is 9.88 Å². The van der Waals surface area contributed by atoms with Gasteiger partial charge in [0.15, 0.2) is 0 Å². The van der Waals surface area contributed by atoms with Gasteiger partial charge in [-0.2, -0.15) is 0 Å². The predicted octanol–water partition coefficient (Wildman–Crippen LogP) is 1.66. The van der Waals surface area contributed by atoms with Crippen molar-refractivity contribution in [2.45, 2.75) is 25.7 Å². The van der Waals surface area contributed by atoms with E-state index in [1.807, 2.05) is 12.4 Å². The molecule has 4 heteroatoms. The predicted molar refractivity (Wildman–Crippen MR) is 73.6 cm³/mol. The molecule has 18 heavy (non-hydrogen) atoms. The van der Waals surface area contributed by atoms with Gasteiger partial charge in [-0.15, -0.1) is 0 Å². The number of hydrogen-bond acceptors (Lipinski definition) is 3. The number of amidine groups is 1. The van der Waals surface area contributed by atoms with Crippen LogP contribution in [-0.4, -0.2) is 35.9 Å². The van der Waals surface area contributed by atoms with E-state index in [4.69, 9.17) is 11.1 Å². The minimum atomic E-state index is 0.304. The molecule has 0 unspecified atom stereocenters. The Morgan fingerprint density at radius 2 is 2.11 bits per heavy atom. The lowest BCUT2D eigenvalue weighted by molar-refractivity contribution is 0.269. The third-order valence-corrected chi connectivity index (χ3v) is 3.66. The van der Waals surface area contributed by atoms with Gasteiger partial charge in [0.25, 0.3) is 0 Å². The smallest absolute Gasteiger partial charge is 0.0911 e. The van der Waals surface area contributed by atoms with Crippen LogP contribution in [0.15, 0.2) is 24.5 Å². The molecule has 0 saturated heterocycles. The van der Waals surface area contributed by atoms with E-state index < -0.39 is 0 Å². The summed E-state index contributed by atoms with van der Waals surface area (Å²) >= 11 is 0. The fourth-order valence-corrected chi connectivity index (χ4v) is 2.49. The second-order valence-corrected chi connectivity index (χ2v) is 5.55. The number of hydrogen-bond donors (Lipinski definition) is 2. The number of nitrogens with one attached hydrogen (secondary N) is 1. The molecule has 2 rings (SSSR count). The van der Waals surface area contributed by atoms with Gasteiger partial charge >= 0.3 is 0 Å². The monoisotopic (exact) mass is 246 g/mol. The number of nitrogens with zero attached hydrogens (tertiary/aromatic N) is 2. The molecule has 0 radical (unpaired) electrons. The maximum absolute atomic E-state index is 7.42. The van der Waals surface area contributed by atoms with E-state index in [1.165, 1.54) is 18.4 Å². The number of aromatic nitrogens is 1. The topological polar surface area (TPSA) is 66.0 Å². The zero-order valence-corrected chi connectivity index (χ0v) is 11.0. The fourth-order valence-electron chi connectivity index (χ4n) is 2.49. The molecule has 3 N–H and O–H groups in total. The van der Waals surface area contributed by atoms with Crippen LogP contribution >= 0.6 is 0 Å². The summed E-state index contributed by atoms with van der Waals surface area (Å²) in [5.41, 5.74) is 7.15. The maximum Gasteiger partial charge on any atom is 0.0911 e. The molecule has 1 heterocycles. The van der Waals surface area contributed by atoms with Crippen LogP contribution in [0.2, 0.25) is 0 Å². The van der Waals surface area contributed by atoms with E-state index in [1.54, 1.807) is 0 Å². The molecule has 1 aliphatic carbocycles. The number of rotatable bonds is 7. The number of pyridine rings is 1. The zero-order chi connectivity index (χ0) is 13.0. The summed E-state index contributed by atoms with van der Waals surface area (Å²) < 4.78 is 0. The Balaban J connectivity index is 1.76. The molecule has 1 fully saturated rings. The average Bonchev–Trinajstić information content (AvgIpc) is 3.06. The van der Waals surface area contributed by atoms with E-state index in [0.717, 1.165) is 25.9 Å². The SMILES string of the molecule is CN(CCc1ccncc1)CC1(CC(=N)N)CC1. The molecule has 0 spiro atoms. The van der Waals surface area contributed by atoms with Crippen LogP contribution < -0.4 is 5.73 Å². The van der Waals surface area contributed by atoms with Crippen molar-refractivity contribution in [3.63, 3.8) is 0 Å². The van der Waals surface area contributed by atoms with Crippen LogP contribution in [0.25, 0.3) is 0 Å². The molecule has 98 valence electrons. The molecule has 0 atom stereocenters. The van der Waals surface area contributed by atoms with Crippen molar-refractivity contribution in [2.75, 3.05) is 20.1 Å². The third-order valence-electron chi connectivity index (χ3n) is 3.66. The van der Waals surface area contributed by atoms with Crippen LogP contribution in [0.5, 0.6) is 0 Å². The molecular weight excluding hydrogens is 224 g/mol. The second-order valence-electron chi connectivity index (χ2n) is 5.55. The normalized spacial score (nSPS) is 16.8. The quantitative estimate of drug-likeness (QED) is 0.568. The van der Waals surface area contributed by atoms with E-state index in [-0.39, 0.29) is 0 Å². The van der Waals surface area contributed by atoms with Crippen molar-refractivity contribution in [3.8, 4) is 0 Å². The molecule has 4 nitrogen and oxygen atoms in total. The molecule has 1 aromatic heterocycles. The highest BCUT2D eigenvalue weighted by Crippen LogP contribution is 2.49. The third kappa shape index (κ3) is 3.81. The van der Waals surface area contributed by atoms with Gasteiger partial charge in [-0.05, 0) is 49.4 Å². The first-order valence-electron chi connectivity index (χ1n) is 6.50. The van der Waals surface area contributed by atoms with Crippen LogP contribution in [0.4, 0.5) is 0 Å². The van der Waals surface area contributed by atoms with Gasteiger partial charge < -0.3 is 10.6 Å². The van der Waals surface area contributed by atoms with E-state index >= 15 is 0 Å². The summed E-state index contributed by atoms with van der Waals surface area (Å²) in [4.78, 5) is 6.38. The zero-order valence-electron chi connectivity index (χ0n) is 11.0. The first-order valence-corrected chi connectivity index (χ1v) is 6.50. The lowest BCUT2D eigenvalue weighted by atomic mass is 10.0. The van der Waals surface area contributed by atoms with Gasteiger partial charge in [0, 0.05) is 31.9 Å². The minimum absolute atomic E-state index is 0.304. The van der Waals surface area contributed by atoms with Gasteiger partial charge in [0.05, 0.1) is 5.84 Å². The summed E-state index contributed by atoms with van der Waals surface area (Å²) in [7, 11) is 2.15. The van der Waals surface area contributed by atoms with Crippen LogP contribution in [-0.2, 0) is 6.42 Å². The largest absolute Gasteiger partial charge is 0.388 e.